The first-order valence-corrected chi connectivity index (χ1v) is 9.08. The average Bonchev–Trinajstić information content (AvgIpc) is 2.63. The van der Waals surface area contributed by atoms with Crippen LogP contribution in [0.2, 0.25) is 0 Å². The molecule has 6 nitrogen and oxygen atoms in total. The third-order valence-electron chi connectivity index (χ3n) is 4.13. The standard InChI is InChI=1S/C19H31N3O3.HI/c1-5-23-16(14(2)3)10-11-21-19(20-4)22-12-15-13-24-17-8-6-7-9-18(17)25-15;/h6-9,14-16H,5,10-13H2,1-4H3,(H2,20,21,22);1H. The lowest BCUT2D eigenvalue weighted by atomic mass is 10.0. The molecule has 1 aliphatic heterocycles. The van der Waals surface area contributed by atoms with E-state index in [-0.39, 0.29) is 36.2 Å². The van der Waals surface area contributed by atoms with Crippen LogP contribution in [0.15, 0.2) is 29.3 Å². The van der Waals surface area contributed by atoms with Crippen molar-refractivity contribution in [3.8, 4) is 11.5 Å². The molecule has 0 spiro atoms. The van der Waals surface area contributed by atoms with E-state index in [2.05, 4.69) is 29.5 Å². The van der Waals surface area contributed by atoms with Gasteiger partial charge in [0.25, 0.3) is 0 Å². The third kappa shape index (κ3) is 7.19. The topological polar surface area (TPSA) is 64.1 Å². The molecule has 0 aromatic heterocycles. The SMILES string of the molecule is CCOC(CCNC(=NC)NCC1COc2ccccc2O1)C(C)C.I. The molecule has 148 valence electrons. The first kappa shape index (κ1) is 22.8. The highest BCUT2D eigenvalue weighted by molar-refractivity contribution is 14.0. The predicted octanol–water partition coefficient (Wildman–Crippen LogP) is 3.06. The molecule has 0 fully saturated rings. The van der Waals surface area contributed by atoms with Crippen molar-refractivity contribution >= 4 is 29.9 Å². The van der Waals surface area contributed by atoms with Crippen molar-refractivity contribution in [1.29, 1.82) is 0 Å². The molecule has 0 bridgehead atoms. The van der Waals surface area contributed by atoms with Gasteiger partial charge >= 0.3 is 0 Å². The van der Waals surface area contributed by atoms with Crippen molar-refractivity contribution in [2.24, 2.45) is 10.9 Å². The summed E-state index contributed by atoms with van der Waals surface area (Å²) in [5.41, 5.74) is 0. The molecule has 2 N–H and O–H groups in total. The van der Waals surface area contributed by atoms with Crippen LogP contribution < -0.4 is 20.1 Å². The van der Waals surface area contributed by atoms with Crippen molar-refractivity contribution in [2.75, 3.05) is 33.4 Å². The second kappa shape index (κ2) is 12.2. The van der Waals surface area contributed by atoms with Crippen LogP contribution in [0.5, 0.6) is 11.5 Å². The molecule has 0 radical (unpaired) electrons. The van der Waals surface area contributed by atoms with E-state index < -0.39 is 0 Å². The van der Waals surface area contributed by atoms with Gasteiger partial charge < -0.3 is 24.8 Å². The molecule has 1 heterocycles. The Labute approximate surface area is 174 Å². The quantitative estimate of drug-likeness (QED) is 0.343. The van der Waals surface area contributed by atoms with Gasteiger partial charge in [-0.1, -0.05) is 26.0 Å². The molecular formula is C19H32IN3O3. The van der Waals surface area contributed by atoms with E-state index in [9.17, 15) is 0 Å². The van der Waals surface area contributed by atoms with Gasteiger partial charge in [-0.2, -0.15) is 0 Å². The lowest BCUT2D eigenvalue weighted by Gasteiger charge is -2.27. The number of ether oxygens (including phenoxy) is 3. The largest absolute Gasteiger partial charge is 0.486 e. The van der Waals surface area contributed by atoms with Gasteiger partial charge in [-0.05, 0) is 31.4 Å². The van der Waals surface area contributed by atoms with Crippen LogP contribution in [0.1, 0.15) is 27.2 Å². The average molecular weight is 477 g/mol. The highest BCUT2D eigenvalue weighted by atomic mass is 127. The highest BCUT2D eigenvalue weighted by Crippen LogP contribution is 2.30. The fourth-order valence-electron chi connectivity index (χ4n) is 2.75. The minimum atomic E-state index is -0.0414. The Balaban J connectivity index is 0.00000338. The van der Waals surface area contributed by atoms with Gasteiger partial charge in [0, 0.05) is 20.2 Å². The second-order valence-corrected chi connectivity index (χ2v) is 6.40. The molecule has 0 amide bonds. The fourth-order valence-corrected chi connectivity index (χ4v) is 2.75. The Kier molecular flexibility index (Phi) is 10.7. The summed E-state index contributed by atoms with van der Waals surface area (Å²) in [6, 6.07) is 7.73. The Hall–Kier alpha value is -1.22. The van der Waals surface area contributed by atoms with Gasteiger partial charge in [0.05, 0.1) is 12.6 Å². The summed E-state index contributed by atoms with van der Waals surface area (Å²) in [7, 11) is 1.77. The van der Waals surface area contributed by atoms with Gasteiger partial charge in [0.15, 0.2) is 17.5 Å². The molecule has 1 aliphatic rings. The fraction of sp³-hybridized carbons (Fsp3) is 0.632. The number of fused-ring (bicyclic) bond motifs is 1. The monoisotopic (exact) mass is 477 g/mol. The number of aliphatic imine (C=N–C) groups is 1. The molecule has 0 aliphatic carbocycles. The minimum Gasteiger partial charge on any atom is -0.486 e. The van der Waals surface area contributed by atoms with Crippen LogP contribution >= 0.6 is 24.0 Å². The summed E-state index contributed by atoms with van der Waals surface area (Å²) in [6.45, 7) is 9.13. The Morgan fingerprint density at radius 3 is 2.65 bits per heavy atom. The van der Waals surface area contributed by atoms with Crippen molar-refractivity contribution in [3.05, 3.63) is 24.3 Å². The van der Waals surface area contributed by atoms with Crippen molar-refractivity contribution < 1.29 is 14.2 Å². The molecule has 1 aromatic carbocycles. The van der Waals surface area contributed by atoms with Crippen molar-refractivity contribution in [3.63, 3.8) is 0 Å². The van der Waals surface area contributed by atoms with E-state index in [0.717, 1.165) is 37.0 Å². The molecule has 26 heavy (non-hydrogen) atoms. The maximum absolute atomic E-state index is 5.94. The maximum atomic E-state index is 5.94. The van der Waals surface area contributed by atoms with E-state index in [0.29, 0.717) is 19.1 Å². The van der Waals surface area contributed by atoms with E-state index in [1.54, 1.807) is 7.05 Å². The van der Waals surface area contributed by atoms with Gasteiger partial charge in [0.1, 0.15) is 12.7 Å². The number of nitrogens with zero attached hydrogens (tertiary/aromatic N) is 1. The molecule has 0 saturated heterocycles. The van der Waals surface area contributed by atoms with Crippen molar-refractivity contribution in [2.45, 2.75) is 39.4 Å². The minimum absolute atomic E-state index is 0. The Morgan fingerprint density at radius 2 is 2.00 bits per heavy atom. The number of halogens is 1. The summed E-state index contributed by atoms with van der Waals surface area (Å²) in [5.74, 6) is 2.86. The second-order valence-electron chi connectivity index (χ2n) is 6.40. The van der Waals surface area contributed by atoms with Crippen LogP contribution in [0.25, 0.3) is 0 Å². The van der Waals surface area contributed by atoms with E-state index in [1.807, 2.05) is 31.2 Å². The Bertz CT molecular complexity index is 555. The first-order chi connectivity index (χ1) is 12.1. The van der Waals surface area contributed by atoms with Crippen LogP contribution in [0.4, 0.5) is 0 Å². The van der Waals surface area contributed by atoms with Gasteiger partial charge in [0.2, 0.25) is 0 Å². The molecule has 1 aromatic rings. The number of hydrogen-bond acceptors (Lipinski definition) is 4. The van der Waals surface area contributed by atoms with E-state index >= 15 is 0 Å². The predicted molar refractivity (Wildman–Crippen MR) is 116 cm³/mol. The lowest BCUT2D eigenvalue weighted by molar-refractivity contribution is 0.0258. The zero-order chi connectivity index (χ0) is 18.1. The zero-order valence-corrected chi connectivity index (χ0v) is 18.5. The summed E-state index contributed by atoms with van der Waals surface area (Å²) >= 11 is 0. The molecule has 2 unspecified atom stereocenters. The van der Waals surface area contributed by atoms with E-state index in [1.165, 1.54) is 0 Å². The smallest absolute Gasteiger partial charge is 0.191 e. The normalized spacial score (nSPS) is 17.4. The van der Waals surface area contributed by atoms with Gasteiger partial charge in [-0.3, -0.25) is 4.99 Å². The summed E-state index contributed by atoms with van der Waals surface area (Å²) in [6.07, 6.45) is 1.17. The van der Waals surface area contributed by atoms with Gasteiger partial charge in [-0.15, -0.1) is 24.0 Å². The van der Waals surface area contributed by atoms with Crippen LogP contribution in [0, 0.1) is 5.92 Å². The summed E-state index contributed by atoms with van der Waals surface area (Å²) in [5, 5.41) is 6.63. The number of hydrogen-bond donors (Lipinski definition) is 2. The lowest BCUT2D eigenvalue weighted by Crippen LogP contribution is -2.46. The van der Waals surface area contributed by atoms with Crippen LogP contribution in [-0.4, -0.2) is 51.5 Å². The summed E-state index contributed by atoms with van der Waals surface area (Å²) in [4.78, 5) is 4.26. The number of rotatable bonds is 8. The molecule has 2 atom stereocenters. The Morgan fingerprint density at radius 1 is 1.27 bits per heavy atom. The highest BCUT2D eigenvalue weighted by Gasteiger charge is 2.20. The van der Waals surface area contributed by atoms with Crippen LogP contribution in [0.3, 0.4) is 0 Å². The number of para-hydroxylation sites is 2. The number of guanidine groups is 1. The number of nitrogens with one attached hydrogen (secondary N) is 2. The van der Waals surface area contributed by atoms with E-state index in [4.69, 9.17) is 14.2 Å². The molecule has 2 rings (SSSR count). The zero-order valence-electron chi connectivity index (χ0n) is 16.2. The number of benzene rings is 1. The third-order valence-corrected chi connectivity index (χ3v) is 4.13. The molecular weight excluding hydrogens is 445 g/mol. The maximum Gasteiger partial charge on any atom is 0.191 e. The molecule has 7 heteroatoms. The van der Waals surface area contributed by atoms with Crippen LogP contribution in [-0.2, 0) is 4.74 Å². The first-order valence-electron chi connectivity index (χ1n) is 9.08. The van der Waals surface area contributed by atoms with Gasteiger partial charge in [-0.25, -0.2) is 0 Å². The molecule has 0 saturated carbocycles. The summed E-state index contributed by atoms with van der Waals surface area (Å²) < 4.78 is 17.4. The van der Waals surface area contributed by atoms with Crippen molar-refractivity contribution in [1.82, 2.24) is 10.6 Å².